The van der Waals surface area contributed by atoms with Crippen molar-refractivity contribution in [1.29, 1.82) is 0 Å². The number of likely N-dealkylation sites (N-methyl/N-ethyl adjacent to an activating group) is 1. The third kappa shape index (κ3) is 7.28. The molecule has 2 rings (SSSR count). The van der Waals surface area contributed by atoms with Crippen molar-refractivity contribution < 1.29 is 4.74 Å². The lowest BCUT2D eigenvalue weighted by Crippen LogP contribution is -2.40. The van der Waals surface area contributed by atoms with Gasteiger partial charge in [-0.05, 0) is 44.7 Å². The molecule has 0 amide bonds. The molecule has 0 spiro atoms. The highest BCUT2D eigenvalue weighted by Gasteiger charge is 2.21. The van der Waals surface area contributed by atoms with Gasteiger partial charge in [0.25, 0.3) is 0 Å². The van der Waals surface area contributed by atoms with Crippen molar-refractivity contribution in [3.8, 4) is 0 Å². The summed E-state index contributed by atoms with van der Waals surface area (Å²) in [5, 5.41) is 3.35. The second-order valence-electron chi connectivity index (χ2n) is 5.62. The van der Waals surface area contributed by atoms with Crippen LogP contribution in [-0.4, -0.2) is 44.2 Å². The molecule has 0 unspecified atom stereocenters. The van der Waals surface area contributed by atoms with Gasteiger partial charge in [0.2, 0.25) is 0 Å². The number of hydrogen-bond donors (Lipinski definition) is 1. The van der Waals surface area contributed by atoms with Crippen molar-refractivity contribution in [1.82, 2.24) is 10.2 Å². The first-order valence-electron chi connectivity index (χ1n) is 7.81. The molecule has 0 aliphatic heterocycles. The van der Waals surface area contributed by atoms with Crippen LogP contribution >= 0.6 is 35.3 Å². The van der Waals surface area contributed by atoms with E-state index in [-0.39, 0.29) is 24.0 Å². The molecule has 22 heavy (non-hydrogen) atoms. The highest BCUT2D eigenvalue weighted by molar-refractivity contribution is 14.0. The number of nitrogens with one attached hydrogen (secondary N) is 1. The molecule has 0 atom stereocenters. The Morgan fingerprint density at radius 3 is 2.82 bits per heavy atom. The average Bonchev–Trinajstić information content (AvgIpc) is 3.20. The van der Waals surface area contributed by atoms with Gasteiger partial charge in [-0.1, -0.05) is 0 Å². The number of halogens is 1. The molecule has 1 saturated carbocycles. The second kappa shape index (κ2) is 10.4. The zero-order chi connectivity index (χ0) is 15.1. The van der Waals surface area contributed by atoms with E-state index in [4.69, 9.17) is 9.73 Å². The molecule has 1 heterocycles. The largest absolute Gasteiger partial charge is 0.379 e. The van der Waals surface area contributed by atoms with Crippen LogP contribution in [0.15, 0.2) is 17.1 Å². The van der Waals surface area contributed by atoms with Crippen LogP contribution in [-0.2, 0) is 11.3 Å². The van der Waals surface area contributed by atoms with Crippen molar-refractivity contribution in [2.75, 3.05) is 33.4 Å². The minimum Gasteiger partial charge on any atom is -0.379 e. The minimum absolute atomic E-state index is 0. The molecule has 1 aliphatic rings. The predicted octanol–water partition coefficient (Wildman–Crippen LogP) is 3.50. The van der Waals surface area contributed by atoms with Gasteiger partial charge in [0.1, 0.15) is 0 Å². The summed E-state index contributed by atoms with van der Waals surface area (Å²) >= 11 is 1.81. The van der Waals surface area contributed by atoms with Gasteiger partial charge in [-0.15, -0.1) is 35.3 Å². The van der Waals surface area contributed by atoms with Crippen molar-refractivity contribution in [2.24, 2.45) is 10.9 Å². The lowest BCUT2D eigenvalue weighted by Gasteiger charge is -2.21. The fraction of sp³-hybridized carbons (Fsp3) is 0.688. The summed E-state index contributed by atoms with van der Waals surface area (Å²) in [6.45, 7) is 8.44. The summed E-state index contributed by atoms with van der Waals surface area (Å²) in [4.78, 5) is 9.51. The maximum atomic E-state index is 5.70. The van der Waals surface area contributed by atoms with E-state index in [9.17, 15) is 0 Å². The van der Waals surface area contributed by atoms with Gasteiger partial charge in [-0.2, -0.15) is 0 Å². The van der Waals surface area contributed by atoms with E-state index in [1.54, 1.807) is 0 Å². The van der Waals surface area contributed by atoms with Crippen LogP contribution in [0.25, 0.3) is 0 Å². The van der Waals surface area contributed by atoms with E-state index in [1.807, 2.05) is 11.3 Å². The Labute approximate surface area is 155 Å². The minimum atomic E-state index is 0. The normalized spacial score (nSPS) is 14.6. The Kier molecular flexibility index (Phi) is 9.35. The Balaban J connectivity index is 0.00000242. The van der Waals surface area contributed by atoms with Crippen molar-refractivity contribution in [3.05, 3.63) is 21.9 Å². The summed E-state index contributed by atoms with van der Waals surface area (Å²) in [6, 6.07) is 4.31. The van der Waals surface area contributed by atoms with Crippen LogP contribution < -0.4 is 5.32 Å². The number of rotatable bonds is 8. The van der Waals surface area contributed by atoms with Crippen LogP contribution in [0.5, 0.6) is 0 Å². The molecule has 0 saturated heterocycles. The molecule has 6 heteroatoms. The van der Waals surface area contributed by atoms with Crippen LogP contribution in [0.4, 0.5) is 0 Å². The fourth-order valence-corrected chi connectivity index (χ4v) is 2.85. The standard InChI is InChI=1S/C16H27N3OS.HI/c1-4-17-16(18-11-15-8-5-13(2)21-15)19(3)9-10-20-12-14-6-7-14;/h5,8,14H,4,6-7,9-12H2,1-3H3,(H,17,18);1H. The third-order valence-electron chi connectivity index (χ3n) is 3.50. The first kappa shape index (κ1) is 19.7. The molecule has 1 aromatic heterocycles. The molecule has 126 valence electrons. The van der Waals surface area contributed by atoms with Crippen molar-refractivity contribution >= 4 is 41.3 Å². The van der Waals surface area contributed by atoms with E-state index in [0.717, 1.165) is 44.7 Å². The topological polar surface area (TPSA) is 36.9 Å². The zero-order valence-corrected chi connectivity index (χ0v) is 16.9. The van der Waals surface area contributed by atoms with Gasteiger partial charge in [0.05, 0.1) is 13.2 Å². The molecule has 0 aromatic carbocycles. The average molecular weight is 437 g/mol. The lowest BCUT2D eigenvalue weighted by atomic mass is 10.4. The van der Waals surface area contributed by atoms with Gasteiger partial charge in [-0.3, -0.25) is 0 Å². The predicted molar refractivity (Wildman–Crippen MR) is 105 cm³/mol. The van der Waals surface area contributed by atoms with Crippen molar-refractivity contribution in [3.63, 3.8) is 0 Å². The zero-order valence-electron chi connectivity index (χ0n) is 13.8. The first-order valence-corrected chi connectivity index (χ1v) is 8.63. The molecular weight excluding hydrogens is 409 g/mol. The summed E-state index contributed by atoms with van der Waals surface area (Å²) in [6.07, 6.45) is 2.69. The highest BCUT2D eigenvalue weighted by atomic mass is 127. The summed E-state index contributed by atoms with van der Waals surface area (Å²) in [7, 11) is 2.07. The Morgan fingerprint density at radius 2 is 2.23 bits per heavy atom. The number of ether oxygens (including phenoxy) is 1. The van der Waals surface area contributed by atoms with Gasteiger partial charge in [-0.25, -0.2) is 4.99 Å². The van der Waals surface area contributed by atoms with Crippen LogP contribution in [0.1, 0.15) is 29.5 Å². The number of hydrogen-bond acceptors (Lipinski definition) is 3. The molecule has 1 aliphatic carbocycles. The fourth-order valence-electron chi connectivity index (χ4n) is 2.03. The molecule has 1 fully saturated rings. The summed E-state index contributed by atoms with van der Waals surface area (Å²) in [5.74, 6) is 1.79. The maximum absolute atomic E-state index is 5.70. The number of thiophene rings is 1. The van der Waals surface area contributed by atoms with Gasteiger partial charge < -0.3 is 15.0 Å². The third-order valence-corrected chi connectivity index (χ3v) is 4.48. The number of aliphatic imine (C=N–C) groups is 1. The molecule has 1 aromatic rings. The Morgan fingerprint density at radius 1 is 1.45 bits per heavy atom. The molecule has 1 N–H and O–H groups in total. The Hall–Kier alpha value is -0.340. The maximum Gasteiger partial charge on any atom is 0.194 e. The monoisotopic (exact) mass is 437 g/mol. The lowest BCUT2D eigenvalue weighted by molar-refractivity contribution is 0.115. The van der Waals surface area contributed by atoms with Crippen molar-refractivity contribution in [2.45, 2.75) is 33.2 Å². The molecular formula is C16H28IN3OS. The summed E-state index contributed by atoms with van der Waals surface area (Å²) < 4.78 is 5.70. The van der Waals surface area contributed by atoms with Gasteiger partial charge in [0.15, 0.2) is 5.96 Å². The quantitative estimate of drug-likeness (QED) is 0.293. The summed E-state index contributed by atoms with van der Waals surface area (Å²) in [5.41, 5.74) is 0. The van der Waals surface area contributed by atoms with E-state index in [2.05, 4.69) is 43.2 Å². The van der Waals surface area contributed by atoms with Gasteiger partial charge >= 0.3 is 0 Å². The van der Waals surface area contributed by atoms with E-state index in [0.29, 0.717) is 0 Å². The van der Waals surface area contributed by atoms with E-state index >= 15 is 0 Å². The van der Waals surface area contributed by atoms with Crippen LogP contribution in [0.2, 0.25) is 0 Å². The van der Waals surface area contributed by atoms with E-state index in [1.165, 1.54) is 22.6 Å². The molecule has 0 bridgehead atoms. The number of guanidine groups is 1. The highest BCUT2D eigenvalue weighted by Crippen LogP contribution is 2.28. The number of aryl methyl sites for hydroxylation is 1. The van der Waals surface area contributed by atoms with E-state index < -0.39 is 0 Å². The molecule has 0 radical (unpaired) electrons. The first-order chi connectivity index (χ1) is 10.2. The SMILES string of the molecule is CCNC(=NCc1ccc(C)s1)N(C)CCOCC1CC1.I. The number of nitrogens with zero attached hydrogens (tertiary/aromatic N) is 2. The molecule has 4 nitrogen and oxygen atoms in total. The smallest absolute Gasteiger partial charge is 0.194 e. The van der Waals surface area contributed by atoms with Crippen LogP contribution in [0.3, 0.4) is 0 Å². The van der Waals surface area contributed by atoms with Crippen LogP contribution in [0, 0.1) is 12.8 Å². The second-order valence-corrected chi connectivity index (χ2v) is 6.99. The Bertz CT molecular complexity index is 460. The van der Waals surface area contributed by atoms with Gasteiger partial charge in [0, 0.05) is 36.5 Å².